The van der Waals surface area contributed by atoms with Gasteiger partial charge in [-0.15, -0.1) is 0 Å². The van der Waals surface area contributed by atoms with Crippen molar-refractivity contribution in [2.24, 2.45) is 0 Å². The van der Waals surface area contributed by atoms with Crippen LogP contribution in [0.3, 0.4) is 0 Å². The summed E-state index contributed by atoms with van der Waals surface area (Å²) in [6, 6.07) is 4.87. The molecule has 1 aliphatic rings. The number of rotatable bonds is 4. The molecule has 0 radical (unpaired) electrons. The van der Waals surface area contributed by atoms with E-state index in [1.807, 2.05) is 0 Å². The third-order valence-electron chi connectivity index (χ3n) is 2.88. The number of aliphatic hydroxyl groups excluding tert-OH is 1. The third kappa shape index (κ3) is 3.91. The van der Waals surface area contributed by atoms with E-state index in [2.05, 4.69) is 5.32 Å². The largest absolute Gasteiger partial charge is 0.487 e. The maximum Gasteiger partial charge on any atom is 0.317 e. The first kappa shape index (κ1) is 15.2. The average Bonchev–Trinajstić information content (AvgIpc) is 2.34. The zero-order valence-corrected chi connectivity index (χ0v) is 12.5. The van der Waals surface area contributed by atoms with E-state index >= 15 is 0 Å². The molecule has 0 unspecified atom stereocenters. The fourth-order valence-electron chi connectivity index (χ4n) is 1.77. The van der Waals surface area contributed by atoms with Crippen molar-refractivity contribution in [3.63, 3.8) is 0 Å². The lowest BCUT2D eigenvalue weighted by Crippen LogP contribution is -2.59. The fourth-order valence-corrected chi connectivity index (χ4v) is 2.06. The summed E-state index contributed by atoms with van der Waals surface area (Å²) in [6.07, 6.45) is -0.604. The second-order valence-corrected chi connectivity index (χ2v) is 5.57. The second kappa shape index (κ2) is 6.52. The molecule has 1 heterocycles. The molecule has 0 aromatic heterocycles. The highest BCUT2D eigenvalue weighted by Gasteiger charge is 2.32. The molecule has 1 atom stereocenters. The monoisotopic (exact) mass is 318 g/mol. The summed E-state index contributed by atoms with van der Waals surface area (Å²) in [5.41, 5.74) is 0. The number of aliphatic hydroxyl groups is 1. The van der Waals surface area contributed by atoms with Crippen molar-refractivity contribution in [2.45, 2.75) is 19.1 Å². The highest BCUT2D eigenvalue weighted by Crippen LogP contribution is 2.27. The molecule has 1 aliphatic heterocycles. The maximum atomic E-state index is 11.6. The molecule has 2 rings (SSSR count). The molecule has 0 aliphatic carbocycles. The Bertz CT molecular complexity index is 491. The molecule has 1 fully saturated rings. The Morgan fingerprint density at radius 3 is 2.80 bits per heavy atom. The van der Waals surface area contributed by atoms with E-state index in [1.165, 1.54) is 0 Å². The Balaban J connectivity index is 1.76. The standard InChI is InChI=1S/C13H16Cl2N2O3/c1-8(18)5-16-13(19)17-6-10(7-17)20-9-2-3-11(14)12(15)4-9/h2-4,8,10,18H,5-7H2,1H3,(H,16,19)/t8-/m0/s1. The summed E-state index contributed by atoms with van der Waals surface area (Å²) < 4.78 is 5.68. The number of nitrogens with zero attached hydrogens (tertiary/aromatic N) is 1. The third-order valence-corrected chi connectivity index (χ3v) is 3.62. The Hall–Kier alpha value is -1.17. The van der Waals surface area contributed by atoms with Gasteiger partial charge in [0.05, 0.1) is 29.2 Å². The van der Waals surface area contributed by atoms with Gasteiger partial charge in [-0.25, -0.2) is 4.79 Å². The Morgan fingerprint density at radius 1 is 1.50 bits per heavy atom. The molecule has 2 N–H and O–H groups in total. The lowest BCUT2D eigenvalue weighted by atomic mass is 10.2. The van der Waals surface area contributed by atoms with E-state index < -0.39 is 6.10 Å². The molecule has 1 aromatic rings. The second-order valence-electron chi connectivity index (χ2n) is 4.76. The number of amides is 2. The average molecular weight is 319 g/mol. The van der Waals surface area contributed by atoms with E-state index in [0.29, 0.717) is 28.9 Å². The molecular weight excluding hydrogens is 303 g/mol. The quantitative estimate of drug-likeness (QED) is 0.894. The van der Waals surface area contributed by atoms with Gasteiger partial charge in [0.25, 0.3) is 0 Å². The van der Waals surface area contributed by atoms with Gasteiger partial charge in [-0.3, -0.25) is 0 Å². The van der Waals surface area contributed by atoms with Crippen LogP contribution in [0, 0.1) is 0 Å². The fraction of sp³-hybridized carbons (Fsp3) is 0.462. The van der Waals surface area contributed by atoms with Gasteiger partial charge in [-0.05, 0) is 19.1 Å². The van der Waals surface area contributed by atoms with Crippen molar-refractivity contribution in [3.05, 3.63) is 28.2 Å². The number of likely N-dealkylation sites (tertiary alicyclic amines) is 1. The van der Waals surface area contributed by atoms with E-state index in [-0.39, 0.29) is 18.7 Å². The zero-order chi connectivity index (χ0) is 14.7. The summed E-state index contributed by atoms with van der Waals surface area (Å²) >= 11 is 11.7. The van der Waals surface area contributed by atoms with Crippen LogP contribution < -0.4 is 10.1 Å². The molecule has 0 saturated carbocycles. The van der Waals surface area contributed by atoms with E-state index in [0.717, 1.165) is 0 Å². The normalized spacial score (nSPS) is 16.5. The predicted molar refractivity (Wildman–Crippen MR) is 77.5 cm³/mol. The smallest absolute Gasteiger partial charge is 0.317 e. The molecule has 1 aromatic carbocycles. The molecule has 1 saturated heterocycles. The molecular formula is C13H16Cl2N2O3. The number of urea groups is 1. The summed E-state index contributed by atoms with van der Waals surface area (Å²) in [7, 11) is 0. The van der Waals surface area contributed by atoms with Crippen molar-refractivity contribution in [1.29, 1.82) is 0 Å². The van der Waals surface area contributed by atoms with Gasteiger partial charge in [-0.2, -0.15) is 0 Å². The number of carbonyl (C=O) groups excluding carboxylic acids is 1. The van der Waals surface area contributed by atoms with Crippen molar-refractivity contribution in [3.8, 4) is 5.75 Å². The first-order valence-electron chi connectivity index (χ1n) is 6.28. The van der Waals surface area contributed by atoms with Crippen molar-refractivity contribution >= 4 is 29.2 Å². The van der Waals surface area contributed by atoms with Gasteiger partial charge >= 0.3 is 6.03 Å². The summed E-state index contributed by atoms with van der Waals surface area (Å²) in [5, 5.41) is 12.6. The van der Waals surface area contributed by atoms with E-state index in [4.69, 9.17) is 33.0 Å². The van der Waals surface area contributed by atoms with Crippen LogP contribution in [0.25, 0.3) is 0 Å². The summed E-state index contributed by atoms with van der Waals surface area (Å²) in [4.78, 5) is 13.3. The number of hydrogen-bond acceptors (Lipinski definition) is 3. The van der Waals surface area contributed by atoms with Gasteiger partial charge in [0.15, 0.2) is 0 Å². The first-order chi connectivity index (χ1) is 9.45. The van der Waals surface area contributed by atoms with Crippen LogP contribution in [-0.4, -0.2) is 47.9 Å². The Kier molecular flexibility index (Phi) is 4.96. The highest BCUT2D eigenvalue weighted by atomic mass is 35.5. The highest BCUT2D eigenvalue weighted by molar-refractivity contribution is 6.42. The predicted octanol–water partition coefficient (Wildman–Crippen LogP) is 2.15. The topological polar surface area (TPSA) is 61.8 Å². The van der Waals surface area contributed by atoms with Crippen LogP contribution in [0.5, 0.6) is 5.75 Å². The van der Waals surface area contributed by atoms with Crippen LogP contribution >= 0.6 is 23.2 Å². The van der Waals surface area contributed by atoms with Crippen molar-refractivity contribution in [2.75, 3.05) is 19.6 Å². The van der Waals surface area contributed by atoms with Crippen LogP contribution in [0.15, 0.2) is 18.2 Å². The van der Waals surface area contributed by atoms with Crippen molar-refractivity contribution in [1.82, 2.24) is 10.2 Å². The lowest BCUT2D eigenvalue weighted by molar-refractivity contribution is 0.0433. The summed E-state index contributed by atoms with van der Waals surface area (Å²) in [5.74, 6) is 0.633. The molecule has 20 heavy (non-hydrogen) atoms. The minimum absolute atomic E-state index is 0.0513. The number of hydrogen-bond donors (Lipinski definition) is 2. The van der Waals surface area contributed by atoms with Crippen LogP contribution in [0.2, 0.25) is 10.0 Å². The minimum Gasteiger partial charge on any atom is -0.487 e. The number of nitrogens with one attached hydrogen (secondary N) is 1. The molecule has 0 bridgehead atoms. The molecule has 0 spiro atoms. The SMILES string of the molecule is C[C@H](O)CNC(=O)N1CC(Oc2ccc(Cl)c(Cl)c2)C1. The lowest BCUT2D eigenvalue weighted by Gasteiger charge is -2.38. The minimum atomic E-state index is -0.552. The van der Waals surface area contributed by atoms with Gasteiger partial charge in [0.2, 0.25) is 0 Å². The van der Waals surface area contributed by atoms with Crippen LogP contribution in [0.4, 0.5) is 4.79 Å². The van der Waals surface area contributed by atoms with Crippen molar-refractivity contribution < 1.29 is 14.6 Å². The number of benzene rings is 1. The van der Waals surface area contributed by atoms with Gasteiger partial charge in [0, 0.05) is 12.6 Å². The molecule has 7 heteroatoms. The first-order valence-corrected chi connectivity index (χ1v) is 7.04. The van der Waals surface area contributed by atoms with E-state index in [1.54, 1.807) is 30.0 Å². The zero-order valence-electron chi connectivity index (χ0n) is 11.0. The number of halogens is 2. The van der Waals surface area contributed by atoms with Crippen LogP contribution in [-0.2, 0) is 0 Å². The van der Waals surface area contributed by atoms with Crippen LogP contribution in [0.1, 0.15) is 6.92 Å². The Morgan fingerprint density at radius 2 is 2.20 bits per heavy atom. The number of ether oxygens (including phenoxy) is 1. The molecule has 2 amide bonds. The summed E-state index contributed by atoms with van der Waals surface area (Å²) in [6.45, 7) is 2.87. The number of carbonyl (C=O) groups is 1. The van der Waals surface area contributed by atoms with Gasteiger partial charge in [0.1, 0.15) is 11.9 Å². The van der Waals surface area contributed by atoms with Gasteiger partial charge < -0.3 is 20.1 Å². The Labute approximate surface area is 127 Å². The molecule has 5 nitrogen and oxygen atoms in total. The maximum absolute atomic E-state index is 11.6. The van der Waals surface area contributed by atoms with Gasteiger partial charge in [-0.1, -0.05) is 23.2 Å². The molecule has 110 valence electrons. The van der Waals surface area contributed by atoms with E-state index in [9.17, 15) is 4.79 Å².